The minimum atomic E-state index is -0.109. The van der Waals surface area contributed by atoms with Gasteiger partial charge in [0.2, 0.25) is 0 Å². The molecule has 5 nitrogen and oxygen atoms in total. The number of aromatic nitrogens is 1. The third kappa shape index (κ3) is 4.33. The van der Waals surface area contributed by atoms with Gasteiger partial charge in [0.15, 0.2) is 0 Å². The first-order chi connectivity index (χ1) is 11.6. The van der Waals surface area contributed by atoms with Crippen LogP contribution in [-0.4, -0.2) is 35.0 Å². The molecule has 6 heteroatoms. The second kappa shape index (κ2) is 7.77. The molecule has 24 heavy (non-hydrogen) atoms. The molecule has 1 aliphatic rings. The Balaban J connectivity index is 1.44. The lowest BCUT2D eigenvalue weighted by molar-refractivity contribution is 0.231. The molecular weight excluding hydrogens is 320 g/mol. The molecule has 0 aliphatic carbocycles. The Hall–Kier alpha value is -1.92. The van der Waals surface area contributed by atoms with Crippen molar-refractivity contribution in [1.29, 1.82) is 0 Å². The summed E-state index contributed by atoms with van der Waals surface area (Å²) in [5.74, 6) is 0. The molecular formula is C18H24N4OS. The van der Waals surface area contributed by atoms with Crippen molar-refractivity contribution in [2.45, 2.75) is 38.9 Å². The van der Waals surface area contributed by atoms with E-state index in [1.165, 1.54) is 5.56 Å². The number of hydrogen-bond donors (Lipinski definition) is 2. The van der Waals surface area contributed by atoms with Gasteiger partial charge in [-0.1, -0.05) is 30.3 Å². The Morgan fingerprint density at radius 1 is 1.42 bits per heavy atom. The van der Waals surface area contributed by atoms with Crippen molar-refractivity contribution >= 4 is 17.4 Å². The Morgan fingerprint density at radius 3 is 2.92 bits per heavy atom. The second-order valence-corrected chi connectivity index (χ2v) is 7.58. The first-order valence-corrected chi connectivity index (χ1v) is 9.18. The maximum absolute atomic E-state index is 12.1. The molecule has 2 N–H and O–H groups in total. The van der Waals surface area contributed by atoms with Gasteiger partial charge in [0, 0.05) is 36.2 Å². The van der Waals surface area contributed by atoms with Crippen LogP contribution in [0.3, 0.4) is 0 Å². The summed E-state index contributed by atoms with van der Waals surface area (Å²) < 4.78 is 0. The third-order valence-corrected chi connectivity index (χ3v) is 5.37. The number of nitrogens with zero attached hydrogens (tertiary/aromatic N) is 2. The van der Waals surface area contributed by atoms with Gasteiger partial charge in [-0.3, -0.25) is 4.90 Å². The Bertz CT molecular complexity index is 673. The van der Waals surface area contributed by atoms with E-state index in [2.05, 4.69) is 51.7 Å². The van der Waals surface area contributed by atoms with E-state index in [-0.39, 0.29) is 12.1 Å². The number of hydrogen-bond acceptors (Lipinski definition) is 4. The number of benzene rings is 1. The molecule has 2 amide bonds. The molecule has 128 valence electrons. The number of likely N-dealkylation sites (tertiary alicyclic amines) is 1. The van der Waals surface area contributed by atoms with E-state index in [1.807, 2.05) is 19.2 Å². The summed E-state index contributed by atoms with van der Waals surface area (Å²) in [6.45, 7) is 6.62. The Labute approximate surface area is 147 Å². The minimum Gasteiger partial charge on any atom is -0.334 e. The van der Waals surface area contributed by atoms with Crippen molar-refractivity contribution in [3.8, 4) is 0 Å². The van der Waals surface area contributed by atoms with Crippen LogP contribution in [0.2, 0.25) is 0 Å². The van der Waals surface area contributed by atoms with Crippen molar-refractivity contribution in [3.05, 3.63) is 52.0 Å². The number of thiazole rings is 1. The fourth-order valence-corrected chi connectivity index (χ4v) is 3.80. The van der Waals surface area contributed by atoms with Gasteiger partial charge in [0.25, 0.3) is 0 Å². The molecule has 1 fully saturated rings. The average molecular weight is 344 g/mol. The monoisotopic (exact) mass is 344 g/mol. The van der Waals surface area contributed by atoms with Crippen LogP contribution in [-0.2, 0) is 6.54 Å². The molecule has 1 aromatic heterocycles. The molecule has 3 rings (SSSR count). The predicted octanol–water partition coefficient (Wildman–Crippen LogP) is 3.09. The number of amides is 2. The van der Waals surface area contributed by atoms with Crippen molar-refractivity contribution in [1.82, 2.24) is 20.5 Å². The normalized spacial score (nSPS) is 19.2. The van der Waals surface area contributed by atoms with E-state index in [4.69, 9.17) is 0 Å². The van der Waals surface area contributed by atoms with Crippen molar-refractivity contribution in [3.63, 3.8) is 0 Å². The molecule has 0 saturated carbocycles. The van der Waals surface area contributed by atoms with Crippen molar-refractivity contribution in [2.24, 2.45) is 0 Å². The largest absolute Gasteiger partial charge is 0.334 e. The third-order valence-electron chi connectivity index (χ3n) is 4.45. The fraction of sp³-hybridized carbons (Fsp3) is 0.444. The summed E-state index contributed by atoms with van der Waals surface area (Å²) >= 11 is 1.61. The van der Waals surface area contributed by atoms with Gasteiger partial charge in [-0.2, -0.15) is 0 Å². The topological polar surface area (TPSA) is 57.3 Å². The number of aryl methyl sites for hydroxylation is 1. The SMILES string of the molecule is Cc1cnc(CNC(=O)NC2CCN(C(C)c3ccccc3)C2)s1. The van der Waals surface area contributed by atoms with Gasteiger partial charge in [-0.15, -0.1) is 11.3 Å². The highest BCUT2D eigenvalue weighted by molar-refractivity contribution is 7.11. The molecule has 0 radical (unpaired) electrons. The Morgan fingerprint density at radius 2 is 2.21 bits per heavy atom. The minimum absolute atomic E-state index is 0.109. The molecule has 1 aliphatic heterocycles. The lowest BCUT2D eigenvalue weighted by atomic mass is 10.1. The smallest absolute Gasteiger partial charge is 0.315 e. The standard InChI is InChI=1S/C18H24N4OS/c1-13-10-19-17(24-13)11-20-18(23)21-16-8-9-22(12-16)14(2)15-6-4-3-5-7-15/h3-7,10,14,16H,8-9,11-12H2,1-2H3,(H2,20,21,23). The molecule has 0 bridgehead atoms. The highest BCUT2D eigenvalue weighted by atomic mass is 32.1. The van der Waals surface area contributed by atoms with E-state index < -0.39 is 0 Å². The van der Waals surface area contributed by atoms with Crippen LogP contribution in [0.4, 0.5) is 4.79 Å². The van der Waals surface area contributed by atoms with Gasteiger partial charge in [-0.05, 0) is 25.8 Å². The number of carbonyl (C=O) groups is 1. The van der Waals surface area contributed by atoms with Crippen LogP contribution in [0.25, 0.3) is 0 Å². The van der Waals surface area contributed by atoms with Crippen LogP contribution in [0, 0.1) is 6.92 Å². The van der Waals surface area contributed by atoms with E-state index in [0.29, 0.717) is 12.6 Å². The molecule has 2 heterocycles. The molecule has 2 atom stereocenters. The Kier molecular flexibility index (Phi) is 5.48. The van der Waals surface area contributed by atoms with Gasteiger partial charge < -0.3 is 10.6 Å². The molecule has 2 unspecified atom stereocenters. The van der Waals surface area contributed by atoms with Crippen LogP contribution >= 0.6 is 11.3 Å². The van der Waals surface area contributed by atoms with Gasteiger partial charge in [0.05, 0.1) is 6.54 Å². The van der Waals surface area contributed by atoms with E-state index >= 15 is 0 Å². The number of urea groups is 1. The van der Waals surface area contributed by atoms with Crippen molar-refractivity contribution in [2.75, 3.05) is 13.1 Å². The van der Waals surface area contributed by atoms with Gasteiger partial charge in [-0.25, -0.2) is 9.78 Å². The first kappa shape index (κ1) is 16.9. The van der Waals surface area contributed by atoms with Gasteiger partial charge in [0.1, 0.15) is 5.01 Å². The summed E-state index contributed by atoms with van der Waals surface area (Å²) in [5.41, 5.74) is 1.32. The maximum atomic E-state index is 12.1. The summed E-state index contributed by atoms with van der Waals surface area (Å²) in [4.78, 5) is 19.9. The first-order valence-electron chi connectivity index (χ1n) is 8.36. The highest BCUT2D eigenvalue weighted by Crippen LogP contribution is 2.24. The zero-order valence-electron chi connectivity index (χ0n) is 14.2. The van der Waals surface area contributed by atoms with Crippen molar-refractivity contribution < 1.29 is 4.79 Å². The van der Waals surface area contributed by atoms with Crippen LogP contribution in [0.5, 0.6) is 0 Å². The predicted molar refractivity (Wildman–Crippen MR) is 97.1 cm³/mol. The summed E-state index contributed by atoms with van der Waals surface area (Å²) in [5, 5.41) is 6.91. The van der Waals surface area contributed by atoms with Gasteiger partial charge >= 0.3 is 6.03 Å². The lowest BCUT2D eigenvalue weighted by Crippen LogP contribution is -2.43. The second-order valence-electron chi connectivity index (χ2n) is 6.26. The fourth-order valence-electron chi connectivity index (χ4n) is 3.07. The number of rotatable bonds is 5. The number of carbonyl (C=O) groups excluding carboxylic acids is 1. The summed E-state index contributed by atoms with van der Waals surface area (Å²) in [6, 6.07) is 11.0. The molecule has 1 saturated heterocycles. The van der Waals surface area contributed by atoms with Crippen LogP contribution in [0.1, 0.15) is 34.8 Å². The van der Waals surface area contributed by atoms with E-state index in [9.17, 15) is 4.79 Å². The molecule has 1 aromatic carbocycles. The average Bonchev–Trinajstić information content (AvgIpc) is 3.22. The van der Waals surface area contributed by atoms with Crippen LogP contribution < -0.4 is 10.6 Å². The number of nitrogens with one attached hydrogen (secondary N) is 2. The van der Waals surface area contributed by atoms with E-state index in [1.54, 1.807) is 11.3 Å². The summed E-state index contributed by atoms with van der Waals surface area (Å²) in [6.07, 6.45) is 2.82. The maximum Gasteiger partial charge on any atom is 0.315 e. The quantitative estimate of drug-likeness (QED) is 0.876. The zero-order valence-corrected chi connectivity index (χ0v) is 15.0. The van der Waals surface area contributed by atoms with Crippen LogP contribution in [0.15, 0.2) is 36.5 Å². The zero-order chi connectivity index (χ0) is 16.9. The summed E-state index contributed by atoms with van der Waals surface area (Å²) in [7, 11) is 0. The van der Waals surface area contributed by atoms with E-state index in [0.717, 1.165) is 29.4 Å². The molecule has 2 aromatic rings. The highest BCUT2D eigenvalue weighted by Gasteiger charge is 2.27. The molecule has 0 spiro atoms. The lowest BCUT2D eigenvalue weighted by Gasteiger charge is -2.24.